The lowest BCUT2D eigenvalue weighted by Crippen LogP contribution is -2.25. The quantitative estimate of drug-likeness (QED) is 0.461. The van der Waals surface area contributed by atoms with E-state index in [-0.39, 0.29) is 0 Å². The predicted octanol–water partition coefficient (Wildman–Crippen LogP) is 6.29. The second-order valence-corrected chi connectivity index (χ2v) is 10.1. The fourth-order valence-electron chi connectivity index (χ4n) is 5.86. The lowest BCUT2D eigenvalue weighted by atomic mass is 9.76. The first-order valence-electron chi connectivity index (χ1n) is 12.6. The summed E-state index contributed by atoms with van der Waals surface area (Å²) < 4.78 is 13.8. The number of benzene rings is 1. The van der Waals surface area contributed by atoms with E-state index in [4.69, 9.17) is 9.47 Å². The summed E-state index contributed by atoms with van der Waals surface area (Å²) in [6.45, 7) is 1.65. The number of imidazole rings is 1. The Morgan fingerprint density at radius 3 is 2.38 bits per heavy atom. The van der Waals surface area contributed by atoms with Crippen LogP contribution in [-0.2, 0) is 11.2 Å². The molecular weight excluding hydrogens is 396 g/mol. The first-order chi connectivity index (χ1) is 15.8. The molecule has 6 rings (SSSR count). The van der Waals surface area contributed by atoms with Gasteiger partial charge in [0.05, 0.1) is 31.3 Å². The van der Waals surface area contributed by atoms with Crippen LogP contribution in [0.2, 0.25) is 0 Å². The highest BCUT2D eigenvalue weighted by Gasteiger charge is 2.29. The molecule has 4 nitrogen and oxygen atoms in total. The Bertz CT molecular complexity index is 1040. The molecule has 0 N–H and O–H groups in total. The van der Waals surface area contributed by atoms with Crippen molar-refractivity contribution in [1.29, 1.82) is 0 Å². The van der Waals surface area contributed by atoms with E-state index in [1.165, 1.54) is 56.0 Å². The van der Waals surface area contributed by atoms with Crippen molar-refractivity contribution in [2.24, 2.45) is 5.92 Å². The van der Waals surface area contributed by atoms with Gasteiger partial charge < -0.3 is 13.9 Å². The smallest absolute Gasteiger partial charge is 0.119 e. The third kappa shape index (κ3) is 4.30. The Morgan fingerprint density at radius 2 is 1.62 bits per heavy atom. The number of hydrogen-bond acceptors (Lipinski definition) is 3. The van der Waals surface area contributed by atoms with Gasteiger partial charge in [0, 0.05) is 19.0 Å². The molecule has 0 spiro atoms. The van der Waals surface area contributed by atoms with E-state index in [1.807, 2.05) is 6.33 Å². The molecule has 0 amide bonds. The third-order valence-corrected chi connectivity index (χ3v) is 7.92. The molecule has 3 aromatic rings. The average molecular weight is 431 g/mol. The highest BCUT2D eigenvalue weighted by Crippen LogP contribution is 2.44. The van der Waals surface area contributed by atoms with Gasteiger partial charge in [-0.3, -0.25) is 0 Å². The molecule has 168 valence electrons. The zero-order chi connectivity index (χ0) is 21.3. The molecule has 2 saturated carbocycles. The van der Waals surface area contributed by atoms with Crippen molar-refractivity contribution in [3.8, 4) is 5.75 Å². The van der Waals surface area contributed by atoms with E-state index in [0.717, 1.165) is 43.6 Å². The Balaban J connectivity index is 1.08. The number of pyridine rings is 1. The van der Waals surface area contributed by atoms with Crippen LogP contribution in [0.25, 0.3) is 5.52 Å². The molecule has 2 aliphatic carbocycles. The van der Waals surface area contributed by atoms with E-state index in [2.05, 4.69) is 52.1 Å². The van der Waals surface area contributed by atoms with Crippen LogP contribution in [0.15, 0.2) is 49.1 Å². The first kappa shape index (κ1) is 20.3. The predicted molar refractivity (Wildman–Crippen MR) is 126 cm³/mol. The largest absolute Gasteiger partial charge is 0.490 e. The van der Waals surface area contributed by atoms with Gasteiger partial charge in [-0.1, -0.05) is 12.1 Å². The Kier molecular flexibility index (Phi) is 5.64. The van der Waals surface area contributed by atoms with Gasteiger partial charge in [0.15, 0.2) is 0 Å². The van der Waals surface area contributed by atoms with Gasteiger partial charge in [-0.15, -0.1) is 0 Å². The van der Waals surface area contributed by atoms with Crippen LogP contribution in [0.1, 0.15) is 79.9 Å². The molecule has 3 aliphatic rings. The minimum Gasteiger partial charge on any atom is -0.490 e. The van der Waals surface area contributed by atoms with Crippen LogP contribution >= 0.6 is 0 Å². The second kappa shape index (κ2) is 8.90. The molecule has 4 heteroatoms. The first-order valence-corrected chi connectivity index (χ1v) is 12.6. The van der Waals surface area contributed by atoms with E-state index in [0.29, 0.717) is 12.0 Å². The van der Waals surface area contributed by atoms with Gasteiger partial charge in [-0.25, -0.2) is 4.98 Å². The molecule has 1 saturated heterocycles. The lowest BCUT2D eigenvalue weighted by molar-refractivity contribution is 0.0255. The van der Waals surface area contributed by atoms with Gasteiger partial charge in [-0.2, -0.15) is 0 Å². The Hall–Kier alpha value is -2.33. The van der Waals surface area contributed by atoms with Crippen molar-refractivity contribution in [3.05, 3.63) is 65.7 Å². The van der Waals surface area contributed by atoms with E-state index < -0.39 is 0 Å². The van der Waals surface area contributed by atoms with Gasteiger partial charge in [-0.05, 0) is 97.6 Å². The molecular formula is C28H34N2O2. The summed E-state index contributed by atoms with van der Waals surface area (Å²) in [7, 11) is 0. The van der Waals surface area contributed by atoms with Crippen LogP contribution in [0, 0.1) is 5.92 Å². The molecule has 0 unspecified atom stereocenters. The van der Waals surface area contributed by atoms with Gasteiger partial charge in [0.1, 0.15) is 11.9 Å². The number of ether oxygens (including phenoxy) is 2. The highest BCUT2D eigenvalue weighted by atomic mass is 16.5. The van der Waals surface area contributed by atoms with Crippen molar-refractivity contribution < 1.29 is 9.47 Å². The normalized spacial score (nSPS) is 24.6. The van der Waals surface area contributed by atoms with Crippen molar-refractivity contribution in [2.75, 3.05) is 13.2 Å². The number of rotatable bonds is 6. The summed E-state index contributed by atoms with van der Waals surface area (Å²) in [6.07, 6.45) is 17.7. The summed E-state index contributed by atoms with van der Waals surface area (Å²) in [6, 6.07) is 11.3. The molecule has 32 heavy (non-hydrogen) atoms. The lowest BCUT2D eigenvalue weighted by Gasteiger charge is -2.30. The molecule has 2 aromatic heterocycles. The number of nitrogens with zero attached hydrogens (tertiary/aromatic N) is 2. The molecule has 0 bridgehead atoms. The topological polar surface area (TPSA) is 35.8 Å². The van der Waals surface area contributed by atoms with Gasteiger partial charge in [0.2, 0.25) is 0 Å². The SMILES string of the molecule is c1cc(C2CCC(Cc3c(C4CC4)ccn4cncc34)CC2)ccc1OC1CCOCC1. The molecule has 0 atom stereocenters. The molecule has 0 radical (unpaired) electrons. The van der Waals surface area contributed by atoms with Crippen LogP contribution in [0.3, 0.4) is 0 Å². The maximum Gasteiger partial charge on any atom is 0.119 e. The van der Waals surface area contributed by atoms with Crippen LogP contribution in [0.5, 0.6) is 5.75 Å². The Morgan fingerprint density at radius 1 is 0.875 bits per heavy atom. The third-order valence-electron chi connectivity index (χ3n) is 7.92. The van der Waals surface area contributed by atoms with Crippen LogP contribution in [-0.4, -0.2) is 28.7 Å². The van der Waals surface area contributed by atoms with E-state index >= 15 is 0 Å². The second-order valence-electron chi connectivity index (χ2n) is 10.1. The average Bonchev–Trinajstić information content (AvgIpc) is 3.57. The monoisotopic (exact) mass is 430 g/mol. The van der Waals surface area contributed by atoms with Crippen molar-refractivity contribution in [1.82, 2.24) is 9.38 Å². The zero-order valence-corrected chi connectivity index (χ0v) is 18.9. The minimum atomic E-state index is 0.311. The molecule has 1 aliphatic heterocycles. The van der Waals surface area contributed by atoms with Crippen molar-refractivity contribution >= 4 is 5.52 Å². The summed E-state index contributed by atoms with van der Waals surface area (Å²) in [5, 5.41) is 0. The molecule has 3 fully saturated rings. The zero-order valence-electron chi connectivity index (χ0n) is 18.9. The maximum absolute atomic E-state index is 6.16. The fraction of sp³-hybridized carbons (Fsp3) is 0.536. The summed E-state index contributed by atoms with van der Waals surface area (Å²) in [5.41, 5.74) is 5.99. The summed E-state index contributed by atoms with van der Waals surface area (Å²) in [4.78, 5) is 4.42. The molecule has 3 heterocycles. The highest BCUT2D eigenvalue weighted by molar-refractivity contribution is 5.58. The number of hydrogen-bond donors (Lipinski definition) is 0. The summed E-state index contributed by atoms with van der Waals surface area (Å²) >= 11 is 0. The van der Waals surface area contributed by atoms with Crippen molar-refractivity contribution in [3.63, 3.8) is 0 Å². The van der Waals surface area contributed by atoms with Crippen LogP contribution < -0.4 is 4.74 Å². The number of aromatic nitrogens is 2. The standard InChI is InChI=1S/C28H34N2O2/c1-3-21(22-7-9-24(10-8-22)32-25-12-15-31-16-13-25)4-2-20(1)17-27-26(23-5-6-23)11-14-30-19-29-18-28(27)30/h7-11,14,18-21,23,25H,1-6,12-13,15-17H2. The minimum absolute atomic E-state index is 0.311. The van der Waals surface area contributed by atoms with E-state index in [1.54, 1.807) is 11.1 Å². The summed E-state index contributed by atoms with van der Waals surface area (Å²) in [5.74, 6) is 3.29. The Labute approximate surface area is 191 Å². The van der Waals surface area contributed by atoms with Gasteiger partial charge in [0.25, 0.3) is 0 Å². The van der Waals surface area contributed by atoms with Gasteiger partial charge >= 0.3 is 0 Å². The van der Waals surface area contributed by atoms with Crippen LogP contribution in [0.4, 0.5) is 0 Å². The maximum atomic E-state index is 6.16. The fourth-order valence-corrected chi connectivity index (χ4v) is 5.86. The van der Waals surface area contributed by atoms with Crippen molar-refractivity contribution in [2.45, 2.75) is 75.7 Å². The number of fused-ring (bicyclic) bond motifs is 1. The van der Waals surface area contributed by atoms with E-state index in [9.17, 15) is 0 Å². The molecule has 1 aromatic carbocycles.